The second-order valence-electron chi connectivity index (χ2n) is 6.14. The first-order valence-corrected chi connectivity index (χ1v) is 9.81. The Balaban J connectivity index is 1.74. The Morgan fingerprint density at radius 3 is 1.90 bits per heavy atom. The molecule has 0 aliphatic rings. The molecule has 0 saturated heterocycles. The van der Waals surface area contributed by atoms with E-state index in [0.29, 0.717) is 5.56 Å². The maximum absolute atomic E-state index is 12.5. The zero-order valence-electron chi connectivity index (χ0n) is 16.1. The molecule has 0 atom stereocenters. The van der Waals surface area contributed by atoms with Gasteiger partial charge in [0.1, 0.15) is 11.5 Å². The average molecular weight is 411 g/mol. The molecule has 0 spiro atoms. The molecule has 0 aliphatic heterocycles. The minimum absolute atomic E-state index is 0.364. The largest absolute Gasteiger partial charge is 0.497 e. The zero-order chi connectivity index (χ0) is 20.6. The molecule has 0 saturated carbocycles. The van der Waals surface area contributed by atoms with Gasteiger partial charge in [-0.25, -0.2) is 4.79 Å². The van der Waals surface area contributed by atoms with Crippen molar-refractivity contribution in [3.05, 3.63) is 82.0 Å². The van der Waals surface area contributed by atoms with Crippen molar-refractivity contribution in [3.8, 4) is 11.5 Å². The number of esters is 1. The van der Waals surface area contributed by atoms with E-state index in [-0.39, 0.29) is 6.61 Å². The number of amides is 1. The molecule has 1 heterocycles. The van der Waals surface area contributed by atoms with Crippen molar-refractivity contribution in [2.24, 2.45) is 0 Å². The fourth-order valence-corrected chi connectivity index (χ4v) is 3.37. The molecule has 29 heavy (non-hydrogen) atoms. The first-order valence-electron chi connectivity index (χ1n) is 8.87. The van der Waals surface area contributed by atoms with Gasteiger partial charge in [0.15, 0.2) is 6.61 Å². The molecular formula is C22H21NO5S. The molecule has 0 bridgehead atoms. The maximum atomic E-state index is 12.5. The quantitative estimate of drug-likeness (QED) is 0.571. The summed E-state index contributed by atoms with van der Waals surface area (Å²) in [5, 5.41) is 6.39. The molecule has 150 valence electrons. The monoisotopic (exact) mass is 411 g/mol. The molecule has 0 aliphatic carbocycles. The van der Waals surface area contributed by atoms with Crippen LogP contribution in [-0.2, 0) is 9.53 Å². The molecule has 0 radical (unpaired) electrons. The fraction of sp³-hybridized carbons (Fsp3) is 0.182. The van der Waals surface area contributed by atoms with Gasteiger partial charge in [0, 0.05) is 5.38 Å². The predicted molar refractivity (Wildman–Crippen MR) is 111 cm³/mol. The zero-order valence-corrected chi connectivity index (χ0v) is 16.9. The minimum atomic E-state index is -0.521. The van der Waals surface area contributed by atoms with Crippen molar-refractivity contribution in [1.29, 1.82) is 0 Å². The van der Waals surface area contributed by atoms with Crippen LogP contribution >= 0.6 is 11.3 Å². The van der Waals surface area contributed by atoms with Crippen LogP contribution in [0.2, 0.25) is 0 Å². The Hall–Kier alpha value is -3.32. The van der Waals surface area contributed by atoms with Gasteiger partial charge in [-0.15, -0.1) is 0 Å². The average Bonchev–Trinajstić information content (AvgIpc) is 3.31. The number of benzene rings is 2. The summed E-state index contributed by atoms with van der Waals surface area (Å²) >= 11 is 1.39. The van der Waals surface area contributed by atoms with Crippen LogP contribution in [0.15, 0.2) is 65.4 Å². The molecule has 0 unspecified atom stereocenters. The molecule has 6 nitrogen and oxygen atoms in total. The number of methoxy groups -OCH3 is 2. The van der Waals surface area contributed by atoms with Gasteiger partial charge in [-0.3, -0.25) is 4.79 Å². The lowest BCUT2D eigenvalue weighted by atomic mass is 9.98. The molecule has 2 aromatic carbocycles. The van der Waals surface area contributed by atoms with E-state index >= 15 is 0 Å². The Morgan fingerprint density at radius 1 is 0.897 bits per heavy atom. The summed E-state index contributed by atoms with van der Waals surface area (Å²) in [7, 11) is 3.19. The van der Waals surface area contributed by atoms with Gasteiger partial charge in [0.2, 0.25) is 0 Å². The summed E-state index contributed by atoms with van der Waals surface area (Å²) in [5.41, 5.74) is 2.17. The van der Waals surface area contributed by atoms with E-state index < -0.39 is 17.9 Å². The third-order valence-electron chi connectivity index (χ3n) is 4.29. The topological polar surface area (TPSA) is 73.9 Å². The third-order valence-corrected chi connectivity index (χ3v) is 4.98. The van der Waals surface area contributed by atoms with E-state index in [1.165, 1.54) is 11.3 Å². The van der Waals surface area contributed by atoms with E-state index in [1.807, 2.05) is 48.5 Å². The van der Waals surface area contributed by atoms with Gasteiger partial charge in [-0.1, -0.05) is 24.3 Å². The molecule has 0 fully saturated rings. The molecular weight excluding hydrogens is 390 g/mol. The van der Waals surface area contributed by atoms with Crippen LogP contribution in [0.4, 0.5) is 0 Å². The van der Waals surface area contributed by atoms with Crippen molar-refractivity contribution < 1.29 is 23.8 Å². The lowest BCUT2D eigenvalue weighted by Crippen LogP contribution is -2.33. The molecule has 1 amide bonds. The van der Waals surface area contributed by atoms with Crippen molar-refractivity contribution >= 4 is 23.2 Å². The molecule has 3 aromatic rings. The Bertz CT molecular complexity index is 889. The van der Waals surface area contributed by atoms with Crippen LogP contribution in [0.25, 0.3) is 0 Å². The van der Waals surface area contributed by atoms with Crippen LogP contribution in [0, 0.1) is 0 Å². The Labute approximate surface area is 173 Å². The number of thiophene rings is 1. The number of carbonyl (C=O) groups excluding carboxylic acids is 2. The standard InChI is InChI=1S/C22H21NO5S/c1-26-18-7-3-15(4-8-18)21(16-5-9-19(27-2)10-6-16)23-20(24)13-28-22(25)17-11-12-29-14-17/h3-12,14,21H,13H2,1-2H3,(H,23,24). The van der Waals surface area contributed by atoms with Crippen molar-refractivity contribution in [1.82, 2.24) is 5.32 Å². The second-order valence-corrected chi connectivity index (χ2v) is 6.92. The summed E-state index contributed by atoms with van der Waals surface area (Å²) in [6, 6.07) is 16.1. The van der Waals surface area contributed by atoms with Gasteiger partial charge >= 0.3 is 5.97 Å². The minimum Gasteiger partial charge on any atom is -0.497 e. The fourth-order valence-electron chi connectivity index (χ4n) is 2.75. The van der Waals surface area contributed by atoms with Crippen molar-refractivity contribution in [2.75, 3.05) is 20.8 Å². The highest BCUT2D eigenvalue weighted by Gasteiger charge is 2.19. The van der Waals surface area contributed by atoms with E-state index in [9.17, 15) is 9.59 Å². The van der Waals surface area contributed by atoms with Crippen LogP contribution < -0.4 is 14.8 Å². The highest BCUT2D eigenvalue weighted by atomic mass is 32.1. The SMILES string of the molecule is COc1ccc(C(NC(=O)COC(=O)c2ccsc2)c2ccc(OC)cc2)cc1. The Kier molecular flexibility index (Phi) is 6.86. The lowest BCUT2D eigenvalue weighted by Gasteiger charge is -2.20. The first kappa shape index (κ1) is 20.4. The van der Waals surface area contributed by atoms with Crippen LogP contribution in [0.3, 0.4) is 0 Å². The number of nitrogens with one attached hydrogen (secondary N) is 1. The van der Waals surface area contributed by atoms with Gasteiger partial charge in [0.25, 0.3) is 5.91 Å². The van der Waals surface area contributed by atoms with Gasteiger partial charge in [-0.05, 0) is 46.8 Å². The highest BCUT2D eigenvalue weighted by Crippen LogP contribution is 2.26. The third kappa shape index (κ3) is 5.36. The maximum Gasteiger partial charge on any atom is 0.339 e. The smallest absolute Gasteiger partial charge is 0.339 e. The van der Waals surface area contributed by atoms with Gasteiger partial charge in [-0.2, -0.15) is 11.3 Å². The molecule has 1 aromatic heterocycles. The summed E-state index contributed by atoms with van der Waals surface area (Å²) in [6.07, 6.45) is 0. The molecule has 7 heteroatoms. The first-order chi connectivity index (χ1) is 14.1. The van der Waals surface area contributed by atoms with Crippen LogP contribution in [0.5, 0.6) is 11.5 Å². The summed E-state index contributed by atoms with van der Waals surface area (Å²) in [5.74, 6) is 0.522. The number of rotatable bonds is 8. The number of carbonyl (C=O) groups is 2. The van der Waals surface area contributed by atoms with Gasteiger partial charge in [0.05, 0.1) is 25.8 Å². The predicted octanol–water partition coefficient (Wildman–Crippen LogP) is 3.83. The van der Waals surface area contributed by atoms with Crippen LogP contribution in [-0.4, -0.2) is 32.7 Å². The van der Waals surface area contributed by atoms with Crippen LogP contribution in [0.1, 0.15) is 27.5 Å². The summed E-state index contributed by atoms with van der Waals surface area (Å²) in [6.45, 7) is -0.364. The molecule has 1 N–H and O–H groups in total. The van der Waals surface area contributed by atoms with Crippen molar-refractivity contribution in [3.63, 3.8) is 0 Å². The van der Waals surface area contributed by atoms with E-state index in [4.69, 9.17) is 14.2 Å². The van der Waals surface area contributed by atoms with E-state index in [1.54, 1.807) is 31.0 Å². The summed E-state index contributed by atoms with van der Waals surface area (Å²) in [4.78, 5) is 24.4. The lowest BCUT2D eigenvalue weighted by molar-refractivity contribution is -0.124. The van der Waals surface area contributed by atoms with E-state index in [0.717, 1.165) is 22.6 Å². The molecule has 3 rings (SSSR count). The summed E-state index contributed by atoms with van der Waals surface area (Å²) < 4.78 is 15.5. The normalized spacial score (nSPS) is 10.4. The number of hydrogen-bond acceptors (Lipinski definition) is 6. The Morgan fingerprint density at radius 2 is 1.45 bits per heavy atom. The number of ether oxygens (including phenoxy) is 3. The van der Waals surface area contributed by atoms with E-state index in [2.05, 4.69) is 5.32 Å². The number of hydrogen-bond donors (Lipinski definition) is 1. The highest BCUT2D eigenvalue weighted by molar-refractivity contribution is 7.08. The second kappa shape index (κ2) is 9.75. The van der Waals surface area contributed by atoms with Crippen molar-refractivity contribution in [2.45, 2.75) is 6.04 Å². The van der Waals surface area contributed by atoms with Gasteiger partial charge < -0.3 is 19.5 Å².